The molecule has 0 spiro atoms. The van der Waals surface area contributed by atoms with E-state index in [1.54, 1.807) is 24.0 Å². The predicted molar refractivity (Wildman–Crippen MR) is 102 cm³/mol. The SMILES string of the molecule is C[C@H](OC(=O)c1ccc(CS(C)(=O)=O)cc1)C(=O)N1CCc2ccccc21. The number of amides is 1. The summed E-state index contributed by atoms with van der Waals surface area (Å²) in [4.78, 5) is 26.6. The summed E-state index contributed by atoms with van der Waals surface area (Å²) >= 11 is 0. The topological polar surface area (TPSA) is 80.8 Å². The van der Waals surface area contributed by atoms with Crippen molar-refractivity contribution in [3.63, 3.8) is 0 Å². The van der Waals surface area contributed by atoms with Gasteiger partial charge in [-0.1, -0.05) is 30.3 Å². The lowest BCUT2D eigenvalue weighted by molar-refractivity contribution is -0.126. The van der Waals surface area contributed by atoms with Gasteiger partial charge in [-0.25, -0.2) is 13.2 Å². The molecule has 27 heavy (non-hydrogen) atoms. The van der Waals surface area contributed by atoms with Gasteiger partial charge in [0.15, 0.2) is 15.9 Å². The Bertz CT molecular complexity index is 966. The summed E-state index contributed by atoms with van der Waals surface area (Å²) in [7, 11) is -3.14. The van der Waals surface area contributed by atoms with Crippen molar-refractivity contribution in [2.24, 2.45) is 0 Å². The summed E-state index contributed by atoms with van der Waals surface area (Å²) in [6, 6.07) is 13.8. The van der Waals surface area contributed by atoms with Crippen molar-refractivity contribution in [1.82, 2.24) is 0 Å². The van der Waals surface area contributed by atoms with E-state index in [1.165, 1.54) is 12.1 Å². The molecular weight excluding hydrogens is 366 g/mol. The van der Waals surface area contributed by atoms with Crippen LogP contribution in [0.4, 0.5) is 5.69 Å². The first kappa shape index (κ1) is 19.1. The number of para-hydroxylation sites is 1. The zero-order valence-electron chi connectivity index (χ0n) is 15.2. The maximum atomic E-state index is 12.7. The van der Waals surface area contributed by atoms with E-state index in [0.29, 0.717) is 12.1 Å². The fraction of sp³-hybridized carbons (Fsp3) is 0.300. The lowest BCUT2D eigenvalue weighted by Gasteiger charge is -2.21. The summed E-state index contributed by atoms with van der Waals surface area (Å²) in [5, 5.41) is 0. The van der Waals surface area contributed by atoms with E-state index in [4.69, 9.17) is 4.74 Å². The molecule has 2 aromatic rings. The van der Waals surface area contributed by atoms with Crippen LogP contribution in [0.5, 0.6) is 0 Å². The van der Waals surface area contributed by atoms with Crippen LogP contribution in [0.1, 0.15) is 28.4 Å². The third-order valence-electron chi connectivity index (χ3n) is 4.40. The number of nitrogens with zero attached hydrogens (tertiary/aromatic N) is 1. The standard InChI is InChI=1S/C20H21NO5S/c1-14(19(22)21-12-11-16-5-3-4-6-18(16)21)26-20(23)17-9-7-15(8-10-17)13-27(2,24)25/h3-10,14H,11-13H2,1-2H3/t14-/m0/s1. The fourth-order valence-corrected chi connectivity index (χ4v) is 3.90. The molecule has 142 valence electrons. The van der Waals surface area contributed by atoms with Crippen LogP contribution in [-0.4, -0.2) is 39.2 Å². The first-order valence-electron chi connectivity index (χ1n) is 8.61. The van der Waals surface area contributed by atoms with Crippen LogP contribution in [0.3, 0.4) is 0 Å². The zero-order chi connectivity index (χ0) is 19.6. The Morgan fingerprint density at radius 2 is 1.78 bits per heavy atom. The maximum absolute atomic E-state index is 12.7. The van der Waals surface area contributed by atoms with Crippen LogP contribution in [0.15, 0.2) is 48.5 Å². The molecule has 0 unspecified atom stereocenters. The summed E-state index contributed by atoms with van der Waals surface area (Å²) < 4.78 is 28.0. The number of hydrogen-bond donors (Lipinski definition) is 0. The minimum absolute atomic E-state index is 0.0917. The van der Waals surface area contributed by atoms with Crippen LogP contribution in [0.25, 0.3) is 0 Å². The highest BCUT2D eigenvalue weighted by molar-refractivity contribution is 7.89. The summed E-state index contributed by atoms with van der Waals surface area (Å²) in [6.07, 6.45) is 1.02. The summed E-state index contributed by atoms with van der Waals surface area (Å²) in [5.74, 6) is -0.970. The number of anilines is 1. The number of esters is 1. The van der Waals surface area contributed by atoms with Crippen molar-refractivity contribution in [1.29, 1.82) is 0 Å². The molecule has 6 nitrogen and oxygen atoms in total. The molecule has 1 aliphatic heterocycles. The number of benzene rings is 2. The number of ether oxygens (including phenoxy) is 1. The first-order chi connectivity index (χ1) is 12.7. The molecule has 0 saturated carbocycles. The molecule has 1 atom stereocenters. The first-order valence-corrected chi connectivity index (χ1v) is 10.7. The van der Waals surface area contributed by atoms with Crippen molar-refractivity contribution >= 4 is 27.4 Å². The quantitative estimate of drug-likeness (QED) is 0.736. The number of carbonyl (C=O) groups is 2. The van der Waals surface area contributed by atoms with Gasteiger partial charge in [-0.3, -0.25) is 4.79 Å². The smallest absolute Gasteiger partial charge is 0.338 e. The van der Waals surface area contributed by atoms with Gasteiger partial charge in [0.05, 0.1) is 11.3 Å². The Labute approximate surface area is 158 Å². The van der Waals surface area contributed by atoms with Gasteiger partial charge in [0.1, 0.15) is 0 Å². The lowest BCUT2D eigenvalue weighted by atomic mass is 10.1. The largest absolute Gasteiger partial charge is 0.449 e. The molecule has 0 aliphatic carbocycles. The van der Waals surface area contributed by atoms with Gasteiger partial charge >= 0.3 is 5.97 Å². The fourth-order valence-electron chi connectivity index (χ4n) is 3.11. The highest BCUT2D eigenvalue weighted by atomic mass is 32.2. The Balaban J connectivity index is 1.65. The molecular formula is C20H21NO5S. The highest BCUT2D eigenvalue weighted by Gasteiger charge is 2.29. The molecule has 0 aromatic heterocycles. The molecule has 3 rings (SSSR count). The van der Waals surface area contributed by atoms with Gasteiger partial charge in [-0.2, -0.15) is 0 Å². The molecule has 1 heterocycles. The molecule has 0 radical (unpaired) electrons. The molecule has 0 fully saturated rings. The maximum Gasteiger partial charge on any atom is 0.338 e. The van der Waals surface area contributed by atoms with Crippen molar-refractivity contribution in [2.45, 2.75) is 25.2 Å². The van der Waals surface area contributed by atoms with Crippen molar-refractivity contribution in [2.75, 3.05) is 17.7 Å². The van der Waals surface area contributed by atoms with Crippen LogP contribution >= 0.6 is 0 Å². The van der Waals surface area contributed by atoms with Crippen LogP contribution < -0.4 is 4.90 Å². The van der Waals surface area contributed by atoms with E-state index in [9.17, 15) is 18.0 Å². The average molecular weight is 387 g/mol. The molecule has 0 bridgehead atoms. The molecule has 7 heteroatoms. The van der Waals surface area contributed by atoms with Crippen LogP contribution in [0.2, 0.25) is 0 Å². The Kier molecular flexibility index (Phi) is 5.32. The minimum Gasteiger partial charge on any atom is -0.449 e. The van der Waals surface area contributed by atoms with Gasteiger partial charge in [0.2, 0.25) is 0 Å². The molecule has 0 saturated heterocycles. The third-order valence-corrected chi connectivity index (χ3v) is 5.26. The van der Waals surface area contributed by atoms with Crippen LogP contribution in [0, 0.1) is 0 Å². The molecule has 0 N–H and O–H groups in total. The van der Waals surface area contributed by atoms with Crippen molar-refractivity contribution < 1.29 is 22.7 Å². The Morgan fingerprint density at radius 1 is 1.11 bits per heavy atom. The van der Waals surface area contributed by atoms with E-state index >= 15 is 0 Å². The van der Waals surface area contributed by atoms with Crippen LogP contribution in [-0.2, 0) is 31.5 Å². The van der Waals surface area contributed by atoms with E-state index in [0.717, 1.165) is 23.9 Å². The number of rotatable bonds is 5. The van der Waals surface area contributed by atoms with Gasteiger partial charge in [-0.05, 0) is 42.7 Å². The molecule has 2 aromatic carbocycles. The second-order valence-electron chi connectivity index (χ2n) is 6.68. The van der Waals surface area contributed by atoms with Crippen molar-refractivity contribution in [3.8, 4) is 0 Å². The van der Waals surface area contributed by atoms with Gasteiger partial charge < -0.3 is 9.64 Å². The Hall–Kier alpha value is -2.67. The van der Waals surface area contributed by atoms with E-state index in [1.807, 2.05) is 24.3 Å². The number of fused-ring (bicyclic) bond motifs is 1. The molecule has 1 aliphatic rings. The zero-order valence-corrected chi connectivity index (χ0v) is 16.0. The molecule has 1 amide bonds. The normalized spacial score (nSPS) is 14.5. The van der Waals surface area contributed by atoms with E-state index < -0.39 is 21.9 Å². The monoisotopic (exact) mass is 387 g/mol. The summed E-state index contributed by atoms with van der Waals surface area (Å²) in [6.45, 7) is 2.12. The Morgan fingerprint density at radius 3 is 2.44 bits per heavy atom. The second kappa shape index (κ2) is 7.52. The van der Waals surface area contributed by atoms with Gasteiger partial charge in [-0.15, -0.1) is 0 Å². The minimum atomic E-state index is -3.14. The number of hydrogen-bond acceptors (Lipinski definition) is 5. The predicted octanol–water partition coefficient (Wildman–Crippen LogP) is 2.37. The highest BCUT2D eigenvalue weighted by Crippen LogP contribution is 2.28. The average Bonchev–Trinajstić information content (AvgIpc) is 3.04. The summed E-state index contributed by atoms with van der Waals surface area (Å²) in [5.41, 5.74) is 2.82. The van der Waals surface area contributed by atoms with E-state index in [-0.39, 0.29) is 17.2 Å². The number of carbonyl (C=O) groups excluding carboxylic acids is 2. The number of sulfone groups is 1. The second-order valence-corrected chi connectivity index (χ2v) is 8.82. The van der Waals surface area contributed by atoms with Crippen molar-refractivity contribution in [3.05, 3.63) is 65.2 Å². The third kappa shape index (κ3) is 4.54. The van der Waals surface area contributed by atoms with E-state index in [2.05, 4.69) is 0 Å². The van der Waals surface area contributed by atoms with Gasteiger partial charge in [0.25, 0.3) is 5.91 Å². The van der Waals surface area contributed by atoms with Gasteiger partial charge in [0, 0.05) is 18.5 Å². The lowest BCUT2D eigenvalue weighted by Crippen LogP contribution is -2.39.